The van der Waals surface area contributed by atoms with Crippen molar-refractivity contribution in [2.45, 2.75) is 25.0 Å². The molecule has 2 aromatic carbocycles. The van der Waals surface area contributed by atoms with Gasteiger partial charge in [-0.3, -0.25) is 4.79 Å². The maximum atomic E-state index is 15.1. The van der Waals surface area contributed by atoms with Gasteiger partial charge in [0, 0.05) is 32.8 Å². The fourth-order valence-electron chi connectivity index (χ4n) is 4.32. The molecule has 2 atom stereocenters. The number of amides is 1. The average molecular weight is 505 g/mol. The van der Waals surface area contributed by atoms with E-state index in [1.54, 1.807) is 54.5 Å². The predicted octanol–water partition coefficient (Wildman–Crippen LogP) is 2.05. The fraction of sp³-hybridized carbons (Fsp3) is 0.308. The summed E-state index contributed by atoms with van der Waals surface area (Å²) in [5, 5.41) is 15.3. The molecule has 10 nitrogen and oxygen atoms in total. The number of carbonyl (C=O) groups is 1. The van der Waals surface area contributed by atoms with Gasteiger partial charge in [0.15, 0.2) is 11.4 Å². The van der Waals surface area contributed by atoms with Gasteiger partial charge in [-0.2, -0.15) is 5.26 Å². The number of halogens is 1. The molecule has 0 bridgehead atoms. The molecule has 0 saturated carbocycles. The molecule has 1 fully saturated rings. The SMILES string of the molecule is Cn1cnc(-n2c(=O)oc3ccc(-c4ccc(C[C@@H](C#N)NC(=O)[C@@H]5CNCCCO5)c(F)c4)cc32)c1. The predicted molar refractivity (Wildman–Crippen MR) is 132 cm³/mol. The lowest BCUT2D eigenvalue weighted by molar-refractivity contribution is -0.132. The van der Waals surface area contributed by atoms with Crippen LogP contribution in [0.25, 0.3) is 28.0 Å². The van der Waals surface area contributed by atoms with E-state index in [9.17, 15) is 14.9 Å². The van der Waals surface area contributed by atoms with Crippen LogP contribution in [0.5, 0.6) is 0 Å². The van der Waals surface area contributed by atoms with Crippen molar-refractivity contribution in [3.63, 3.8) is 0 Å². The number of hydrogen-bond donors (Lipinski definition) is 2. The van der Waals surface area contributed by atoms with E-state index < -0.39 is 29.6 Å². The molecule has 190 valence electrons. The highest BCUT2D eigenvalue weighted by atomic mass is 19.1. The normalized spacial score (nSPS) is 16.7. The van der Waals surface area contributed by atoms with Crippen LogP contribution in [0, 0.1) is 17.1 Å². The molecule has 11 heteroatoms. The molecule has 0 spiro atoms. The van der Waals surface area contributed by atoms with Crippen LogP contribution in [0.4, 0.5) is 4.39 Å². The molecule has 2 aromatic heterocycles. The highest BCUT2D eigenvalue weighted by Crippen LogP contribution is 2.27. The Bertz CT molecular complexity index is 1540. The molecule has 1 amide bonds. The third kappa shape index (κ3) is 5.16. The number of aromatic nitrogens is 3. The lowest BCUT2D eigenvalue weighted by Crippen LogP contribution is -2.46. The van der Waals surface area contributed by atoms with E-state index in [0.717, 1.165) is 13.0 Å². The van der Waals surface area contributed by atoms with Gasteiger partial charge >= 0.3 is 5.76 Å². The van der Waals surface area contributed by atoms with E-state index in [-0.39, 0.29) is 6.42 Å². The van der Waals surface area contributed by atoms with E-state index in [1.807, 2.05) is 6.07 Å². The topological polar surface area (TPSA) is 127 Å². The third-order valence-electron chi connectivity index (χ3n) is 6.22. The first-order valence-corrected chi connectivity index (χ1v) is 11.9. The van der Waals surface area contributed by atoms with Gasteiger partial charge in [0.1, 0.15) is 18.0 Å². The molecule has 5 rings (SSSR count). The van der Waals surface area contributed by atoms with Gasteiger partial charge in [-0.1, -0.05) is 18.2 Å². The minimum Gasteiger partial charge on any atom is -0.407 e. The molecule has 1 aliphatic rings. The number of nitrogens with one attached hydrogen (secondary N) is 2. The summed E-state index contributed by atoms with van der Waals surface area (Å²) in [6.45, 7) is 1.58. The number of fused-ring (bicyclic) bond motifs is 1. The lowest BCUT2D eigenvalue weighted by atomic mass is 10.00. The zero-order valence-electron chi connectivity index (χ0n) is 20.1. The molecule has 37 heavy (non-hydrogen) atoms. The van der Waals surface area contributed by atoms with E-state index in [4.69, 9.17) is 9.15 Å². The number of hydrogen-bond acceptors (Lipinski definition) is 7. The number of carbonyl (C=O) groups excluding carboxylic acids is 1. The minimum atomic E-state index is -0.908. The maximum absolute atomic E-state index is 15.1. The molecule has 0 unspecified atom stereocenters. The Labute approximate surface area is 211 Å². The van der Waals surface area contributed by atoms with E-state index >= 15 is 4.39 Å². The number of oxazole rings is 1. The summed E-state index contributed by atoms with van der Waals surface area (Å²) in [6.07, 6.45) is 3.40. The molecule has 3 heterocycles. The summed E-state index contributed by atoms with van der Waals surface area (Å²) in [4.78, 5) is 29.2. The van der Waals surface area contributed by atoms with Crippen LogP contribution in [0.15, 0.2) is 58.1 Å². The monoisotopic (exact) mass is 504 g/mol. The van der Waals surface area contributed by atoms with Gasteiger partial charge in [-0.15, -0.1) is 0 Å². The van der Waals surface area contributed by atoms with Crippen LogP contribution in [-0.4, -0.2) is 51.9 Å². The number of aryl methyl sites for hydroxylation is 1. The average Bonchev–Trinajstić information content (AvgIpc) is 3.32. The van der Waals surface area contributed by atoms with E-state index in [0.29, 0.717) is 46.8 Å². The summed E-state index contributed by atoms with van der Waals surface area (Å²) < 4.78 is 29.0. The van der Waals surface area contributed by atoms with Gasteiger partial charge in [-0.05, 0) is 47.9 Å². The summed E-state index contributed by atoms with van der Waals surface area (Å²) in [5.74, 6) is -1.05. The van der Waals surface area contributed by atoms with Crippen molar-refractivity contribution < 1.29 is 18.3 Å². The lowest BCUT2D eigenvalue weighted by Gasteiger charge is -2.18. The van der Waals surface area contributed by atoms with Crippen molar-refractivity contribution in [1.82, 2.24) is 24.8 Å². The van der Waals surface area contributed by atoms with Gasteiger partial charge in [-0.25, -0.2) is 18.7 Å². The van der Waals surface area contributed by atoms with Crippen molar-refractivity contribution >= 4 is 17.0 Å². The Hall–Kier alpha value is -4.27. The minimum absolute atomic E-state index is 0.00842. The first kappa shape index (κ1) is 24.4. The molecule has 1 aliphatic heterocycles. The van der Waals surface area contributed by atoms with Crippen LogP contribution in [0.1, 0.15) is 12.0 Å². The van der Waals surface area contributed by atoms with Crippen LogP contribution < -0.4 is 16.4 Å². The quantitative estimate of drug-likeness (QED) is 0.411. The van der Waals surface area contributed by atoms with Crippen molar-refractivity contribution in [2.75, 3.05) is 19.7 Å². The second kappa shape index (κ2) is 10.4. The molecule has 0 radical (unpaired) electrons. The number of nitrogens with zero attached hydrogens (tertiary/aromatic N) is 4. The molecule has 1 saturated heterocycles. The Morgan fingerprint density at radius 1 is 1.32 bits per heavy atom. The van der Waals surface area contributed by atoms with Crippen molar-refractivity contribution in [3.8, 4) is 23.0 Å². The molecule has 4 aromatic rings. The smallest absolute Gasteiger partial charge is 0.407 e. The van der Waals surface area contributed by atoms with Crippen molar-refractivity contribution in [1.29, 1.82) is 5.26 Å². The van der Waals surface area contributed by atoms with Crippen LogP contribution >= 0.6 is 0 Å². The Kier molecular flexibility index (Phi) is 6.85. The molecule has 2 N–H and O–H groups in total. The van der Waals surface area contributed by atoms with Crippen molar-refractivity contribution in [3.05, 3.63) is 70.9 Å². The first-order valence-electron chi connectivity index (χ1n) is 11.9. The second-order valence-corrected chi connectivity index (χ2v) is 8.90. The van der Waals surface area contributed by atoms with Crippen molar-refractivity contribution in [2.24, 2.45) is 7.05 Å². The standard InChI is InChI=1S/C26H25FN6O4/c1-32-14-24(30-15-32)33-21-11-17(5-6-22(21)37-26(33)35)16-3-4-18(20(27)10-16)9-19(12-28)31-25(34)23-13-29-7-2-8-36-23/h3-6,10-11,14-15,19,23,29H,2,7-9,13H2,1H3,(H,31,34)/t19-,23-/m0/s1. The highest BCUT2D eigenvalue weighted by molar-refractivity contribution is 5.82. The highest BCUT2D eigenvalue weighted by Gasteiger charge is 2.24. The molecular weight excluding hydrogens is 479 g/mol. The summed E-state index contributed by atoms with van der Waals surface area (Å²) in [6, 6.07) is 11.0. The van der Waals surface area contributed by atoms with Crippen LogP contribution in [-0.2, 0) is 23.0 Å². The van der Waals surface area contributed by atoms with Gasteiger partial charge < -0.3 is 24.4 Å². The van der Waals surface area contributed by atoms with Crippen LogP contribution in [0.3, 0.4) is 0 Å². The second-order valence-electron chi connectivity index (χ2n) is 8.90. The Morgan fingerprint density at radius 3 is 2.89 bits per heavy atom. The number of benzene rings is 2. The third-order valence-corrected chi connectivity index (χ3v) is 6.22. The molecule has 0 aliphatic carbocycles. The summed E-state index contributed by atoms with van der Waals surface area (Å²) >= 11 is 0. The summed E-state index contributed by atoms with van der Waals surface area (Å²) in [5.41, 5.74) is 2.45. The number of rotatable bonds is 6. The Morgan fingerprint density at radius 2 is 2.14 bits per heavy atom. The Balaban J connectivity index is 1.36. The van der Waals surface area contributed by atoms with E-state index in [1.165, 1.54) is 10.6 Å². The van der Waals surface area contributed by atoms with Gasteiger partial charge in [0.2, 0.25) is 0 Å². The fourth-order valence-corrected chi connectivity index (χ4v) is 4.32. The largest absolute Gasteiger partial charge is 0.425 e. The van der Waals surface area contributed by atoms with Gasteiger partial charge in [0.05, 0.1) is 17.9 Å². The number of nitriles is 1. The number of ether oxygens (including phenoxy) is 1. The summed E-state index contributed by atoms with van der Waals surface area (Å²) in [7, 11) is 1.80. The maximum Gasteiger partial charge on any atom is 0.425 e. The van der Waals surface area contributed by atoms with Crippen LogP contribution in [0.2, 0.25) is 0 Å². The zero-order chi connectivity index (χ0) is 25.9. The molecular formula is C26H25FN6O4. The first-order chi connectivity index (χ1) is 17.9. The van der Waals surface area contributed by atoms with Gasteiger partial charge in [0.25, 0.3) is 5.91 Å². The van der Waals surface area contributed by atoms with E-state index in [2.05, 4.69) is 15.6 Å². The number of imidazole rings is 1. The zero-order valence-corrected chi connectivity index (χ0v) is 20.1.